The lowest BCUT2D eigenvalue weighted by Gasteiger charge is -2.23. The number of amides is 1. The first-order valence-corrected chi connectivity index (χ1v) is 11.5. The van der Waals surface area contributed by atoms with Gasteiger partial charge >= 0.3 is 0 Å². The van der Waals surface area contributed by atoms with Crippen molar-refractivity contribution in [1.29, 1.82) is 0 Å². The Morgan fingerprint density at radius 2 is 1.83 bits per heavy atom. The molecule has 0 spiro atoms. The second kappa shape index (κ2) is 9.79. The molecule has 2 N–H and O–H groups in total. The zero-order valence-electron chi connectivity index (χ0n) is 19.9. The molecule has 0 saturated carbocycles. The number of fused-ring (bicyclic) bond motifs is 2. The Balaban J connectivity index is 1.48. The molecule has 4 aromatic rings. The molecule has 3 heterocycles. The maximum Gasteiger partial charge on any atom is 0.231 e. The maximum atomic E-state index is 13.4. The van der Waals surface area contributed by atoms with E-state index in [0.717, 1.165) is 5.76 Å². The molecular formula is C27H26N2O7. The minimum Gasteiger partial charge on any atom is -0.508 e. The van der Waals surface area contributed by atoms with Crippen LogP contribution in [0.2, 0.25) is 0 Å². The Kier molecular flexibility index (Phi) is 6.39. The zero-order chi connectivity index (χ0) is 25.2. The first-order valence-electron chi connectivity index (χ1n) is 11.5. The minimum atomic E-state index is -0.790. The summed E-state index contributed by atoms with van der Waals surface area (Å²) < 4.78 is 22.1. The Labute approximate surface area is 206 Å². The highest BCUT2D eigenvalue weighted by molar-refractivity contribution is 5.80. The van der Waals surface area contributed by atoms with Crippen molar-refractivity contribution in [2.75, 3.05) is 27.4 Å². The molecule has 0 fully saturated rings. The number of nitrogens with zero attached hydrogens (tertiary/aromatic N) is 1. The molecule has 1 aliphatic heterocycles. The number of ether oxygens (including phenoxy) is 2. The molecule has 0 saturated heterocycles. The number of hydrogen-bond donors (Lipinski definition) is 2. The molecule has 186 valence electrons. The van der Waals surface area contributed by atoms with Crippen LogP contribution in [0.15, 0.2) is 74.7 Å². The number of aromatic hydroxyl groups is 1. The fourth-order valence-corrected chi connectivity index (χ4v) is 4.43. The number of phenolic OH excluding ortho intramolecular Hbond substituents is 1. The van der Waals surface area contributed by atoms with Crippen LogP contribution in [0.1, 0.15) is 35.3 Å². The summed E-state index contributed by atoms with van der Waals surface area (Å²) in [5.74, 6) is 0.359. The number of carbonyl (C=O) groups is 1. The number of hydrogen-bond acceptors (Lipinski definition) is 8. The van der Waals surface area contributed by atoms with E-state index in [2.05, 4.69) is 5.32 Å². The van der Waals surface area contributed by atoms with E-state index >= 15 is 0 Å². The van der Waals surface area contributed by atoms with Crippen molar-refractivity contribution in [3.05, 3.63) is 88.2 Å². The minimum absolute atomic E-state index is 0.0280. The Bertz CT molecular complexity index is 1440. The fraction of sp³-hybridized carbons (Fsp3) is 0.259. The average Bonchev–Trinajstić information content (AvgIpc) is 3.55. The van der Waals surface area contributed by atoms with Crippen LogP contribution in [-0.2, 0) is 4.79 Å². The quantitative estimate of drug-likeness (QED) is 0.384. The predicted molar refractivity (Wildman–Crippen MR) is 131 cm³/mol. The van der Waals surface area contributed by atoms with Gasteiger partial charge in [-0.25, -0.2) is 0 Å². The molecular weight excluding hydrogens is 464 g/mol. The van der Waals surface area contributed by atoms with Crippen molar-refractivity contribution in [3.63, 3.8) is 0 Å². The van der Waals surface area contributed by atoms with Gasteiger partial charge < -0.3 is 28.7 Å². The molecule has 0 unspecified atom stereocenters. The van der Waals surface area contributed by atoms with Crippen LogP contribution in [0.25, 0.3) is 11.0 Å². The van der Waals surface area contributed by atoms with Crippen molar-refractivity contribution < 1.29 is 28.2 Å². The molecule has 9 nitrogen and oxygen atoms in total. The molecule has 2 aromatic carbocycles. The highest BCUT2D eigenvalue weighted by Crippen LogP contribution is 2.42. The van der Waals surface area contributed by atoms with Crippen LogP contribution in [-0.4, -0.2) is 43.3 Å². The first-order chi connectivity index (χ1) is 17.4. The van der Waals surface area contributed by atoms with Crippen LogP contribution in [0.5, 0.6) is 17.2 Å². The molecule has 9 heteroatoms. The van der Waals surface area contributed by atoms with Crippen LogP contribution in [0.4, 0.5) is 0 Å². The van der Waals surface area contributed by atoms with Crippen molar-refractivity contribution >= 4 is 16.9 Å². The molecule has 1 amide bonds. The van der Waals surface area contributed by atoms with Gasteiger partial charge in [0.25, 0.3) is 0 Å². The summed E-state index contributed by atoms with van der Waals surface area (Å²) in [7, 11) is 3.79. The Morgan fingerprint density at radius 3 is 2.58 bits per heavy atom. The van der Waals surface area contributed by atoms with Crippen molar-refractivity contribution in [1.82, 2.24) is 10.2 Å². The van der Waals surface area contributed by atoms with Crippen LogP contribution >= 0.6 is 0 Å². The van der Waals surface area contributed by atoms with Gasteiger partial charge in [-0.1, -0.05) is 12.1 Å². The second-order valence-electron chi connectivity index (χ2n) is 8.84. The number of furan rings is 1. The summed E-state index contributed by atoms with van der Waals surface area (Å²) >= 11 is 0. The smallest absolute Gasteiger partial charge is 0.231 e. The van der Waals surface area contributed by atoms with E-state index in [1.54, 1.807) is 42.7 Å². The third kappa shape index (κ3) is 4.52. The van der Waals surface area contributed by atoms with Gasteiger partial charge in [-0.05, 0) is 44.4 Å². The van der Waals surface area contributed by atoms with E-state index in [9.17, 15) is 14.7 Å². The van der Waals surface area contributed by atoms with E-state index in [0.29, 0.717) is 34.6 Å². The van der Waals surface area contributed by atoms with E-state index in [1.165, 1.54) is 12.3 Å². The fourth-order valence-electron chi connectivity index (χ4n) is 4.43. The Hall–Kier alpha value is -4.24. The van der Waals surface area contributed by atoms with E-state index in [4.69, 9.17) is 18.3 Å². The number of rotatable bonds is 8. The topological polar surface area (TPSA) is 114 Å². The van der Waals surface area contributed by atoms with Crippen LogP contribution < -0.4 is 20.2 Å². The highest BCUT2D eigenvalue weighted by atomic mass is 16.7. The zero-order valence-corrected chi connectivity index (χ0v) is 19.9. The summed E-state index contributed by atoms with van der Waals surface area (Å²) in [6, 6.07) is 13.4. The van der Waals surface area contributed by atoms with Gasteiger partial charge in [-0.15, -0.1) is 0 Å². The number of likely N-dealkylation sites (N-methyl/N-ethyl adjacent to an activating group) is 1. The summed E-state index contributed by atoms with van der Waals surface area (Å²) in [6.45, 7) is 0.325. The molecule has 0 aliphatic carbocycles. The van der Waals surface area contributed by atoms with E-state index in [-0.39, 0.29) is 41.9 Å². The van der Waals surface area contributed by atoms with Gasteiger partial charge in [0.05, 0.1) is 24.0 Å². The summed E-state index contributed by atoms with van der Waals surface area (Å²) in [5, 5.41) is 14.2. The first kappa shape index (κ1) is 23.5. The van der Waals surface area contributed by atoms with Gasteiger partial charge in [0, 0.05) is 36.1 Å². The van der Waals surface area contributed by atoms with E-state index in [1.807, 2.05) is 25.1 Å². The molecule has 36 heavy (non-hydrogen) atoms. The van der Waals surface area contributed by atoms with Crippen LogP contribution in [0.3, 0.4) is 0 Å². The molecule has 0 bridgehead atoms. The molecule has 2 aromatic heterocycles. The largest absolute Gasteiger partial charge is 0.508 e. The normalized spacial score (nSPS) is 14.2. The lowest BCUT2D eigenvalue weighted by molar-refractivity contribution is -0.121. The Morgan fingerprint density at radius 1 is 1.06 bits per heavy atom. The number of carbonyl (C=O) groups excluding carboxylic acids is 1. The predicted octanol–water partition coefficient (Wildman–Crippen LogP) is 3.76. The van der Waals surface area contributed by atoms with Crippen molar-refractivity contribution in [2.45, 2.75) is 18.4 Å². The van der Waals surface area contributed by atoms with Gasteiger partial charge in [-0.2, -0.15) is 0 Å². The number of nitrogens with one attached hydrogen (secondary N) is 1. The standard InChI is InChI=1S/C27H26N2O7/c1-29(2)20(23-8-5-9-33-23)13-28-26(31)11-17(18-10-24-25(12-21(18)30)36-15-35-24)19-14-34-22-7-4-3-6-16(22)27(19)32/h3-10,12,14,17,20,30H,11,13,15H2,1-2H3,(H,28,31)/t17-,20-/m0/s1. The monoisotopic (exact) mass is 490 g/mol. The van der Waals surface area contributed by atoms with Gasteiger partial charge in [0.1, 0.15) is 17.1 Å². The molecule has 0 radical (unpaired) electrons. The summed E-state index contributed by atoms with van der Waals surface area (Å²) in [4.78, 5) is 28.6. The highest BCUT2D eigenvalue weighted by Gasteiger charge is 2.29. The molecule has 5 rings (SSSR count). The van der Waals surface area contributed by atoms with Gasteiger partial charge in [0.2, 0.25) is 12.7 Å². The SMILES string of the molecule is CN(C)[C@@H](CNC(=O)C[C@@H](c1cc2c(cc1O)OCO2)c1coc2ccccc2c1=O)c1ccco1. The van der Waals surface area contributed by atoms with Gasteiger partial charge in [-0.3, -0.25) is 14.5 Å². The third-order valence-electron chi connectivity index (χ3n) is 6.36. The third-order valence-corrected chi connectivity index (χ3v) is 6.36. The van der Waals surface area contributed by atoms with E-state index < -0.39 is 5.92 Å². The summed E-state index contributed by atoms with van der Waals surface area (Å²) in [6.07, 6.45) is 2.85. The number of benzene rings is 2. The maximum absolute atomic E-state index is 13.4. The second-order valence-corrected chi connectivity index (χ2v) is 8.84. The average molecular weight is 491 g/mol. The lowest BCUT2D eigenvalue weighted by atomic mass is 9.87. The molecule has 2 atom stereocenters. The van der Waals surface area contributed by atoms with Crippen molar-refractivity contribution in [2.24, 2.45) is 0 Å². The summed E-state index contributed by atoms with van der Waals surface area (Å²) in [5.41, 5.74) is 0.797. The van der Waals surface area contributed by atoms with Gasteiger partial charge in [0.15, 0.2) is 16.9 Å². The molecule has 1 aliphatic rings. The van der Waals surface area contributed by atoms with Crippen molar-refractivity contribution in [3.8, 4) is 17.2 Å². The van der Waals surface area contributed by atoms with Crippen LogP contribution in [0, 0.1) is 0 Å². The number of phenols is 1. The number of para-hydroxylation sites is 1. The lowest BCUT2D eigenvalue weighted by Crippen LogP contribution is -2.35.